The Labute approximate surface area is 178 Å². The number of pyridine rings is 1. The Morgan fingerprint density at radius 1 is 1.21 bits per heavy atom. The standard InChI is InChI=1S/C23H23ClN2O2S/c1-13(12-26(2)3)14-5-7-15(8-6-14)19-18(28-4)11-17(24)21-20(19)16-9-10-29-22(16)23(27)25-21/h5-11,13H,12H2,1-4H3,(H,25,27). The highest BCUT2D eigenvalue weighted by atomic mass is 35.5. The van der Waals surface area contributed by atoms with Crippen molar-refractivity contribution in [1.29, 1.82) is 0 Å². The molecule has 0 radical (unpaired) electrons. The van der Waals surface area contributed by atoms with Crippen molar-refractivity contribution < 1.29 is 4.74 Å². The lowest BCUT2D eigenvalue weighted by atomic mass is 9.94. The number of nitrogens with one attached hydrogen (secondary N) is 1. The van der Waals surface area contributed by atoms with Gasteiger partial charge in [0.1, 0.15) is 10.4 Å². The van der Waals surface area contributed by atoms with Gasteiger partial charge in [0.2, 0.25) is 0 Å². The van der Waals surface area contributed by atoms with E-state index in [1.54, 1.807) is 13.2 Å². The topological polar surface area (TPSA) is 45.3 Å². The number of aromatic amines is 1. The minimum Gasteiger partial charge on any atom is -0.496 e. The smallest absolute Gasteiger partial charge is 0.266 e. The van der Waals surface area contributed by atoms with Crippen LogP contribution in [0.25, 0.3) is 32.1 Å². The van der Waals surface area contributed by atoms with Crippen LogP contribution in [0.3, 0.4) is 0 Å². The van der Waals surface area contributed by atoms with Crippen molar-refractivity contribution in [2.45, 2.75) is 12.8 Å². The second-order valence-corrected chi connectivity index (χ2v) is 8.91. The summed E-state index contributed by atoms with van der Waals surface area (Å²) in [5, 5.41) is 4.22. The van der Waals surface area contributed by atoms with E-state index < -0.39 is 0 Å². The van der Waals surface area contributed by atoms with Crippen molar-refractivity contribution in [3.05, 3.63) is 62.7 Å². The molecule has 0 bridgehead atoms. The molecule has 4 aromatic rings. The Balaban J connectivity index is 1.97. The fourth-order valence-corrected chi connectivity index (χ4v) is 4.99. The lowest BCUT2D eigenvalue weighted by Gasteiger charge is -2.18. The van der Waals surface area contributed by atoms with Crippen molar-refractivity contribution >= 4 is 43.9 Å². The van der Waals surface area contributed by atoms with E-state index >= 15 is 0 Å². The van der Waals surface area contributed by atoms with E-state index in [2.05, 4.69) is 55.2 Å². The largest absolute Gasteiger partial charge is 0.496 e. The lowest BCUT2D eigenvalue weighted by molar-refractivity contribution is 0.383. The van der Waals surface area contributed by atoms with E-state index in [1.807, 2.05) is 11.4 Å². The number of H-pyrrole nitrogens is 1. The second-order valence-electron chi connectivity index (χ2n) is 7.59. The molecule has 0 saturated carbocycles. The number of likely N-dealkylation sites (N-methyl/N-ethyl adjacent to an activating group) is 1. The molecule has 4 nitrogen and oxygen atoms in total. The molecular formula is C23H23ClN2O2S. The first kappa shape index (κ1) is 20.0. The van der Waals surface area contributed by atoms with Crippen molar-refractivity contribution in [3.8, 4) is 16.9 Å². The quantitative estimate of drug-likeness (QED) is 0.442. The first-order chi connectivity index (χ1) is 13.9. The summed E-state index contributed by atoms with van der Waals surface area (Å²) < 4.78 is 6.39. The van der Waals surface area contributed by atoms with E-state index in [9.17, 15) is 4.79 Å². The van der Waals surface area contributed by atoms with Gasteiger partial charge >= 0.3 is 0 Å². The second kappa shape index (κ2) is 7.82. The molecule has 1 N–H and O–H groups in total. The Hall–Kier alpha value is -2.34. The third-order valence-electron chi connectivity index (χ3n) is 5.25. The molecule has 0 aliphatic heterocycles. The van der Waals surface area contributed by atoms with Crippen LogP contribution >= 0.6 is 22.9 Å². The molecule has 0 fully saturated rings. The normalized spacial score (nSPS) is 12.8. The van der Waals surface area contributed by atoms with Crippen molar-refractivity contribution in [2.24, 2.45) is 0 Å². The van der Waals surface area contributed by atoms with Gasteiger partial charge in [-0.25, -0.2) is 0 Å². The molecule has 0 saturated heterocycles. The van der Waals surface area contributed by atoms with Crippen LogP contribution in [0.15, 0.2) is 46.6 Å². The minimum absolute atomic E-state index is 0.117. The highest BCUT2D eigenvalue weighted by Crippen LogP contribution is 2.43. The monoisotopic (exact) mass is 426 g/mol. The average molecular weight is 427 g/mol. The van der Waals surface area contributed by atoms with E-state index in [0.29, 0.717) is 26.9 Å². The molecule has 150 valence electrons. The van der Waals surface area contributed by atoms with Crippen LogP contribution in [0.1, 0.15) is 18.4 Å². The summed E-state index contributed by atoms with van der Waals surface area (Å²) in [7, 11) is 5.82. The minimum atomic E-state index is -0.117. The maximum atomic E-state index is 12.5. The maximum Gasteiger partial charge on any atom is 0.266 e. The predicted molar refractivity (Wildman–Crippen MR) is 124 cm³/mol. The third kappa shape index (κ3) is 3.54. The number of methoxy groups -OCH3 is 1. The van der Waals surface area contributed by atoms with Crippen molar-refractivity contribution in [3.63, 3.8) is 0 Å². The van der Waals surface area contributed by atoms with Gasteiger partial charge in [-0.2, -0.15) is 0 Å². The number of fused-ring (bicyclic) bond motifs is 3. The summed E-state index contributed by atoms with van der Waals surface area (Å²) in [6.07, 6.45) is 0. The van der Waals surface area contributed by atoms with Crippen LogP contribution in [0.2, 0.25) is 5.02 Å². The molecule has 2 heterocycles. The summed E-state index contributed by atoms with van der Waals surface area (Å²) in [6, 6.07) is 12.3. The van der Waals surface area contributed by atoms with Crippen LogP contribution in [-0.2, 0) is 0 Å². The summed E-state index contributed by atoms with van der Waals surface area (Å²) in [5.41, 5.74) is 3.78. The molecule has 29 heavy (non-hydrogen) atoms. The van der Waals surface area contributed by atoms with Gasteiger partial charge in [0.05, 0.1) is 17.6 Å². The molecule has 0 amide bonds. The first-order valence-electron chi connectivity index (χ1n) is 9.45. The summed E-state index contributed by atoms with van der Waals surface area (Å²) in [6.45, 7) is 3.22. The maximum absolute atomic E-state index is 12.5. The highest BCUT2D eigenvalue weighted by molar-refractivity contribution is 7.17. The third-order valence-corrected chi connectivity index (χ3v) is 6.46. The fourth-order valence-electron chi connectivity index (χ4n) is 3.95. The Kier molecular flexibility index (Phi) is 5.38. The van der Waals surface area contributed by atoms with E-state index in [-0.39, 0.29) is 5.56 Å². The zero-order valence-electron chi connectivity index (χ0n) is 16.9. The Morgan fingerprint density at radius 2 is 1.93 bits per heavy atom. The van der Waals surface area contributed by atoms with Gasteiger partial charge in [-0.05, 0) is 42.6 Å². The number of hydrogen-bond donors (Lipinski definition) is 1. The van der Waals surface area contributed by atoms with Gasteiger partial charge in [-0.1, -0.05) is 42.8 Å². The van der Waals surface area contributed by atoms with Crippen LogP contribution in [0.4, 0.5) is 0 Å². The van der Waals surface area contributed by atoms with Gasteiger partial charge < -0.3 is 14.6 Å². The molecule has 1 atom stereocenters. The van der Waals surface area contributed by atoms with Crippen LogP contribution in [0, 0.1) is 0 Å². The van der Waals surface area contributed by atoms with Crippen LogP contribution in [-0.4, -0.2) is 37.6 Å². The van der Waals surface area contributed by atoms with Crippen molar-refractivity contribution in [1.82, 2.24) is 9.88 Å². The number of hydrogen-bond acceptors (Lipinski definition) is 4. The van der Waals surface area contributed by atoms with Crippen molar-refractivity contribution in [2.75, 3.05) is 27.7 Å². The van der Waals surface area contributed by atoms with E-state index in [1.165, 1.54) is 16.9 Å². The lowest BCUT2D eigenvalue weighted by Crippen LogP contribution is -2.18. The molecule has 0 aliphatic rings. The summed E-state index contributed by atoms with van der Waals surface area (Å²) in [5.74, 6) is 1.12. The number of rotatable bonds is 5. The molecule has 2 aromatic heterocycles. The van der Waals surface area contributed by atoms with Gasteiger partial charge in [0.15, 0.2) is 0 Å². The first-order valence-corrected chi connectivity index (χ1v) is 10.7. The van der Waals surface area contributed by atoms with Gasteiger partial charge in [0, 0.05) is 28.9 Å². The predicted octanol–water partition coefficient (Wildman–Crippen LogP) is 5.74. The summed E-state index contributed by atoms with van der Waals surface area (Å²) >= 11 is 7.94. The number of thiophene rings is 1. The number of benzene rings is 2. The van der Waals surface area contributed by atoms with Gasteiger partial charge in [-0.15, -0.1) is 11.3 Å². The number of aromatic nitrogens is 1. The van der Waals surface area contributed by atoms with E-state index in [0.717, 1.165) is 28.4 Å². The SMILES string of the molecule is COc1cc(Cl)c2[nH]c(=O)c3sccc3c2c1-c1ccc(C(C)CN(C)C)cc1. The summed E-state index contributed by atoms with van der Waals surface area (Å²) in [4.78, 5) is 17.6. The van der Waals surface area contributed by atoms with Crippen LogP contribution < -0.4 is 10.3 Å². The number of nitrogens with zero attached hydrogens (tertiary/aromatic N) is 1. The number of ether oxygens (including phenoxy) is 1. The fraction of sp³-hybridized carbons (Fsp3) is 0.261. The zero-order chi connectivity index (χ0) is 20.7. The molecule has 4 rings (SSSR count). The molecule has 0 aliphatic carbocycles. The van der Waals surface area contributed by atoms with Gasteiger partial charge in [-0.3, -0.25) is 4.79 Å². The van der Waals surface area contributed by atoms with Crippen LogP contribution in [0.5, 0.6) is 5.75 Å². The zero-order valence-corrected chi connectivity index (χ0v) is 18.4. The Morgan fingerprint density at radius 3 is 2.59 bits per heavy atom. The number of halogens is 1. The highest BCUT2D eigenvalue weighted by Gasteiger charge is 2.19. The Bertz CT molecular complexity index is 1240. The van der Waals surface area contributed by atoms with E-state index in [4.69, 9.17) is 16.3 Å². The average Bonchev–Trinajstić information content (AvgIpc) is 3.19. The molecule has 2 aromatic carbocycles. The molecule has 1 unspecified atom stereocenters. The molecular weight excluding hydrogens is 404 g/mol. The molecule has 0 spiro atoms. The molecule has 6 heteroatoms. The van der Waals surface area contributed by atoms with Gasteiger partial charge in [0.25, 0.3) is 5.56 Å².